The molecule has 1 unspecified atom stereocenters. The van der Waals surface area contributed by atoms with Crippen LogP contribution in [-0.4, -0.2) is 30.1 Å². The van der Waals surface area contributed by atoms with Gasteiger partial charge in [-0.3, -0.25) is 4.18 Å². The van der Waals surface area contributed by atoms with Crippen LogP contribution in [0.4, 0.5) is 0 Å². The maximum absolute atomic E-state index is 11.1. The highest BCUT2D eigenvalue weighted by Gasteiger charge is 2.12. The predicted octanol–water partition coefficient (Wildman–Crippen LogP) is 1.19. The van der Waals surface area contributed by atoms with E-state index in [0.29, 0.717) is 0 Å². The third-order valence-electron chi connectivity index (χ3n) is 1.60. The second-order valence-corrected chi connectivity index (χ2v) is 7.13. The Hall–Kier alpha value is -0.173. The van der Waals surface area contributed by atoms with Crippen molar-refractivity contribution >= 4 is 19.2 Å². The Bertz CT molecular complexity index is 250. The van der Waals surface area contributed by atoms with Crippen LogP contribution in [0.25, 0.3) is 0 Å². The van der Waals surface area contributed by atoms with Crippen molar-refractivity contribution in [2.24, 2.45) is 0 Å². The zero-order valence-electron chi connectivity index (χ0n) is 8.73. The van der Waals surface area contributed by atoms with Gasteiger partial charge in [0.05, 0.1) is 21.6 Å². The van der Waals surface area contributed by atoms with Gasteiger partial charge in [0.1, 0.15) is 0 Å². The summed E-state index contributed by atoms with van der Waals surface area (Å²) in [5.74, 6) is 0. The van der Waals surface area contributed by atoms with Crippen molar-refractivity contribution in [1.82, 2.24) is 0 Å². The van der Waals surface area contributed by atoms with E-state index in [0.717, 1.165) is 12.8 Å². The molecule has 4 nitrogen and oxygen atoms in total. The van der Waals surface area contributed by atoms with Crippen molar-refractivity contribution in [3.05, 3.63) is 12.3 Å². The molecular weight excluding hydrogens is 220 g/mol. The second kappa shape index (κ2) is 7.16. The smallest absolute Gasteiger partial charge is 0.252 e. The van der Waals surface area contributed by atoms with Gasteiger partial charge in [0.15, 0.2) is 0 Å². The molecule has 0 spiro atoms. The van der Waals surface area contributed by atoms with Crippen LogP contribution in [0.15, 0.2) is 12.3 Å². The molecule has 0 bridgehead atoms. The molecule has 0 amide bonds. The van der Waals surface area contributed by atoms with E-state index < -0.39 is 19.2 Å². The number of rotatable bonds is 8. The lowest BCUT2D eigenvalue weighted by Crippen LogP contribution is -2.20. The molecule has 0 aromatic carbocycles. The minimum atomic E-state index is -3.77. The van der Waals surface area contributed by atoms with Crippen molar-refractivity contribution in [1.29, 1.82) is 0 Å². The van der Waals surface area contributed by atoms with Crippen LogP contribution >= 0.6 is 0 Å². The van der Waals surface area contributed by atoms with Gasteiger partial charge in [-0.15, -0.1) is 12.3 Å². The monoisotopic (exact) mass is 238 g/mol. The summed E-state index contributed by atoms with van der Waals surface area (Å²) in [5.41, 5.74) is 1.77. The Morgan fingerprint density at radius 3 is 2.57 bits per heavy atom. The van der Waals surface area contributed by atoms with Crippen LogP contribution in [0.2, 0.25) is 6.55 Å². The highest BCUT2D eigenvalue weighted by atomic mass is 32.3. The summed E-state index contributed by atoms with van der Waals surface area (Å²) in [5, 5.41) is 0. The van der Waals surface area contributed by atoms with E-state index in [1.807, 2.05) is 13.5 Å². The summed E-state index contributed by atoms with van der Waals surface area (Å²) in [6, 6.07) is 0. The average Bonchev–Trinajstić information content (AvgIpc) is 2.14. The Labute approximate surface area is 87.9 Å². The van der Waals surface area contributed by atoms with Crippen LogP contribution in [0.5, 0.6) is 0 Å². The van der Waals surface area contributed by atoms with E-state index >= 15 is 0 Å². The zero-order chi connectivity index (χ0) is 11.0. The first-order valence-corrected chi connectivity index (χ1v) is 8.65. The van der Waals surface area contributed by atoms with Crippen molar-refractivity contribution < 1.29 is 16.8 Å². The molecule has 0 aromatic rings. The quantitative estimate of drug-likeness (QED) is 0.471. The number of unbranched alkanes of at least 4 members (excludes halogenated alkanes) is 1. The van der Waals surface area contributed by atoms with Gasteiger partial charge in [-0.2, -0.15) is 8.42 Å². The first kappa shape index (κ1) is 13.8. The van der Waals surface area contributed by atoms with Gasteiger partial charge in [-0.05, 0) is 6.42 Å². The van der Waals surface area contributed by atoms with E-state index in [-0.39, 0.29) is 12.8 Å². The maximum Gasteiger partial charge on any atom is 0.399 e. The van der Waals surface area contributed by atoms with Gasteiger partial charge >= 0.3 is 10.4 Å². The fourth-order valence-electron chi connectivity index (χ4n) is 0.598. The SMILES string of the molecule is C=C[SiH](C)COS(=O)(=O)OCCCC. The zero-order valence-corrected chi connectivity index (χ0v) is 10.7. The Morgan fingerprint density at radius 2 is 2.07 bits per heavy atom. The largest absolute Gasteiger partial charge is 0.399 e. The van der Waals surface area contributed by atoms with Gasteiger partial charge in [-0.1, -0.05) is 19.9 Å². The van der Waals surface area contributed by atoms with Gasteiger partial charge in [0.2, 0.25) is 0 Å². The lowest BCUT2D eigenvalue weighted by atomic mass is 10.4. The van der Waals surface area contributed by atoms with Crippen LogP contribution in [0.1, 0.15) is 19.8 Å². The van der Waals surface area contributed by atoms with E-state index in [4.69, 9.17) is 0 Å². The molecule has 1 atom stereocenters. The molecule has 0 aromatic heterocycles. The Kier molecular flexibility index (Phi) is 7.07. The molecule has 0 saturated heterocycles. The molecule has 14 heavy (non-hydrogen) atoms. The Morgan fingerprint density at radius 1 is 1.43 bits per heavy atom. The molecule has 0 rings (SSSR count). The molecule has 0 aliphatic heterocycles. The molecule has 0 heterocycles. The molecule has 0 aliphatic carbocycles. The summed E-state index contributed by atoms with van der Waals surface area (Å²) in [6.07, 6.45) is 1.84. The molecule has 0 fully saturated rings. The molecule has 84 valence electrons. The highest BCUT2D eigenvalue weighted by molar-refractivity contribution is 7.81. The average molecular weight is 238 g/mol. The molecule has 6 heteroatoms. The van der Waals surface area contributed by atoms with E-state index in [1.165, 1.54) is 0 Å². The summed E-state index contributed by atoms with van der Waals surface area (Å²) in [4.78, 5) is 0. The lowest BCUT2D eigenvalue weighted by Gasteiger charge is -2.06. The van der Waals surface area contributed by atoms with Crippen LogP contribution < -0.4 is 0 Å². The van der Waals surface area contributed by atoms with Crippen molar-refractivity contribution in [2.75, 3.05) is 12.8 Å². The summed E-state index contributed by atoms with van der Waals surface area (Å²) >= 11 is 0. The topological polar surface area (TPSA) is 52.6 Å². The van der Waals surface area contributed by atoms with Crippen LogP contribution in [0, 0.1) is 0 Å². The standard InChI is InChI=1S/C8H18O4SSi/c1-4-6-7-11-13(9,10)12-8-14(3)5-2/h5,14H,2,4,6-8H2,1,3H3. The predicted molar refractivity (Wildman–Crippen MR) is 58.9 cm³/mol. The van der Waals surface area contributed by atoms with Crippen LogP contribution in [-0.2, 0) is 18.8 Å². The molecule has 0 radical (unpaired) electrons. The van der Waals surface area contributed by atoms with Gasteiger partial charge in [0, 0.05) is 0 Å². The lowest BCUT2D eigenvalue weighted by molar-refractivity contribution is 0.232. The minimum Gasteiger partial charge on any atom is -0.252 e. The first-order chi connectivity index (χ1) is 6.52. The van der Waals surface area contributed by atoms with Gasteiger partial charge in [0.25, 0.3) is 0 Å². The Balaban J connectivity index is 3.78. The third kappa shape index (κ3) is 7.25. The van der Waals surface area contributed by atoms with E-state index in [1.54, 1.807) is 5.70 Å². The summed E-state index contributed by atoms with van der Waals surface area (Å²) in [6.45, 7) is 7.69. The summed E-state index contributed by atoms with van der Waals surface area (Å²) in [7, 11) is -5.01. The van der Waals surface area contributed by atoms with E-state index in [9.17, 15) is 8.42 Å². The highest BCUT2D eigenvalue weighted by Crippen LogP contribution is 2.00. The minimum absolute atomic E-state index is 0.197. The van der Waals surface area contributed by atoms with Gasteiger partial charge < -0.3 is 0 Å². The van der Waals surface area contributed by atoms with Gasteiger partial charge in [-0.25, -0.2) is 4.18 Å². The van der Waals surface area contributed by atoms with Crippen molar-refractivity contribution in [2.45, 2.75) is 26.3 Å². The molecule has 0 N–H and O–H groups in total. The second-order valence-electron chi connectivity index (χ2n) is 3.08. The number of hydrogen-bond acceptors (Lipinski definition) is 4. The normalized spacial score (nSPS) is 13.9. The number of hydrogen-bond donors (Lipinski definition) is 0. The summed E-state index contributed by atoms with van der Waals surface area (Å²) < 4.78 is 31.4. The van der Waals surface area contributed by atoms with Crippen LogP contribution in [0.3, 0.4) is 0 Å². The van der Waals surface area contributed by atoms with Crippen molar-refractivity contribution in [3.8, 4) is 0 Å². The van der Waals surface area contributed by atoms with E-state index in [2.05, 4.69) is 14.9 Å². The molecule has 0 saturated carbocycles. The third-order valence-corrected chi connectivity index (χ3v) is 4.22. The maximum atomic E-state index is 11.1. The first-order valence-electron chi connectivity index (χ1n) is 4.68. The molecular formula is C8H18O4SSi. The fraction of sp³-hybridized carbons (Fsp3) is 0.750. The fourth-order valence-corrected chi connectivity index (χ4v) is 2.65. The molecule has 0 aliphatic rings. The van der Waals surface area contributed by atoms with Crippen molar-refractivity contribution in [3.63, 3.8) is 0 Å².